The molecule has 0 aromatic heterocycles. The van der Waals surface area contributed by atoms with Gasteiger partial charge in [-0.1, -0.05) is 13.3 Å². The molecule has 0 spiro atoms. The predicted octanol–water partition coefficient (Wildman–Crippen LogP) is 6.45. The Hall–Kier alpha value is -3.41. The van der Waals surface area contributed by atoms with Crippen molar-refractivity contribution in [2.24, 2.45) is 10.8 Å². The molecule has 0 saturated heterocycles. The average Bonchev–Trinajstić information content (AvgIpc) is 2.77. The fraction of sp³-hybridized carbons (Fsp3) is 0.414. The maximum Gasteiger partial charge on any atom is 0.316 e. The Morgan fingerprint density at radius 2 is 1.40 bits per heavy atom. The summed E-state index contributed by atoms with van der Waals surface area (Å²) >= 11 is 0. The standard InChI is InChI=1S/C29H36O6/c1-9-10-20-17-21(24(33-8)18-25(20)35-27(32)29(5,6)7)13-16-23(30)19-11-14-22(15-12-19)34-26(31)28(2,3)4/h11-18H,9-10H2,1-8H3. The van der Waals surface area contributed by atoms with Crippen LogP contribution in [0.5, 0.6) is 17.2 Å². The molecule has 2 aromatic rings. The summed E-state index contributed by atoms with van der Waals surface area (Å²) in [4.78, 5) is 37.2. The van der Waals surface area contributed by atoms with Gasteiger partial charge in [0, 0.05) is 17.2 Å². The van der Waals surface area contributed by atoms with Gasteiger partial charge < -0.3 is 14.2 Å². The fourth-order valence-corrected chi connectivity index (χ4v) is 2.95. The van der Waals surface area contributed by atoms with Gasteiger partial charge in [-0.2, -0.15) is 0 Å². The molecular weight excluding hydrogens is 444 g/mol. The van der Waals surface area contributed by atoms with Crippen LogP contribution in [-0.2, 0) is 16.0 Å². The van der Waals surface area contributed by atoms with Gasteiger partial charge in [0.05, 0.1) is 17.9 Å². The molecule has 0 unspecified atom stereocenters. The second kappa shape index (κ2) is 11.3. The number of methoxy groups -OCH3 is 1. The van der Waals surface area contributed by atoms with Gasteiger partial charge in [0.1, 0.15) is 17.2 Å². The molecule has 0 aliphatic carbocycles. The largest absolute Gasteiger partial charge is 0.496 e. The average molecular weight is 481 g/mol. The number of rotatable bonds is 8. The van der Waals surface area contributed by atoms with Crippen LogP contribution in [0.4, 0.5) is 0 Å². The highest BCUT2D eigenvalue weighted by atomic mass is 16.5. The van der Waals surface area contributed by atoms with Crippen LogP contribution in [0, 0.1) is 10.8 Å². The molecule has 0 fully saturated rings. The molecule has 0 amide bonds. The van der Waals surface area contributed by atoms with E-state index in [4.69, 9.17) is 14.2 Å². The minimum Gasteiger partial charge on any atom is -0.496 e. The fourth-order valence-electron chi connectivity index (χ4n) is 2.95. The normalized spacial score (nSPS) is 11.9. The van der Waals surface area contributed by atoms with Crippen LogP contribution in [0.25, 0.3) is 6.08 Å². The number of carbonyl (C=O) groups is 3. The van der Waals surface area contributed by atoms with Crippen molar-refractivity contribution in [3.05, 3.63) is 59.2 Å². The number of hydrogen-bond donors (Lipinski definition) is 0. The van der Waals surface area contributed by atoms with Crippen LogP contribution >= 0.6 is 0 Å². The van der Waals surface area contributed by atoms with Crippen molar-refractivity contribution in [1.29, 1.82) is 0 Å². The van der Waals surface area contributed by atoms with E-state index in [1.54, 1.807) is 78.0 Å². The number of carbonyl (C=O) groups excluding carboxylic acids is 3. The Kier molecular flexibility index (Phi) is 9.02. The summed E-state index contributed by atoms with van der Waals surface area (Å²) in [7, 11) is 1.53. The van der Waals surface area contributed by atoms with Gasteiger partial charge in [-0.25, -0.2) is 0 Å². The lowest BCUT2D eigenvalue weighted by Crippen LogP contribution is -2.26. The lowest BCUT2D eigenvalue weighted by Gasteiger charge is -2.19. The summed E-state index contributed by atoms with van der Waals surface area (Å²) < 4.78 is 16.5. The lowest BCUT2D eigenvalue weighted by molar-refractivity contribution is -0.143. The third-order valence-electron chi connectivity index (χ3n) is 5.12. The monoisotopic (exact) mass is 480 g/mol. The van der Waals surface area contributed by atoms with E-state index in [1.165, 1.54) is 13.2 Å². The summed E-state index contributed by atoms with van der Waals surface area (Å²) in [5.74, 6) is 0.468. The van der Waals surface area contributed by atoms with Gasteiger partial charge in [-0.15, -0.1) is 0 Å². The van der Waals surface area contributed by atoms with Gasteiger partial charge >= 0.3 is 11.9 Å². The van der Waals surface area contributed by atoms with Gasteiger partial charge in [-0.05, 0) is 96.0 Å². The van der Waals surface area contributed by atoms with Gasteiger partial charge in [0.15, 0.2) is 5.78 Å². The molecule has 0 radical (unpaired) electrons. The summed E-state index contributed by atoms with van der Waals surface area (Å²) in [6.07, 6.45) is 4.72. The first-order valence-corrected chi connectivity index (χ1v) is 11.7. The molecule has 0 atom stereocenters. The smallest absolute Gasteiger partial charge is 0.316 e. The number of aryl methyl sites for hydroxylation is 1. The van der Waals surface area contributed by atoms with Crippen molar-refractivity contribution in [2.75, 3.05) is 7.11 Å². The number of ketones is 1. The number of ether oxygens (including phenoxy) is 3. The Labute approximate surface area is 208 Å². The second-order valence-corrected chi connectivity index (χ2v) is 10.5. The number of benzene rings is 2. The van der Waals surface area contributed by atoms with E-state index >= 15 is 0 Å². The molecule has 6 heteroatoms. The molecule has 0 aliphatic rings. The highest BCUT2D eigenvalue weighted by Crippen LogP contribution is 2.33. The van der Waals surface area contributed by atoms with Crippen molar-refractivity contribution in [1.82, 2.24) is 0 Å². The maximum absolute atomic E-state index is 12.7. The first-order chi connectivity index (χ1) is 16.3. The molecule has 188 valence electrons. The van der Waals surface area contributed by atoms with E-state index in [2.05, 4.69) is 0 Å². The topological polar surface area (TPSA) is 78.9 Å². The zero-order chi connectivity index (χ0) is 26.4. The lowest BCUT2D eigenvalue weighted by atomic mass is 9.97. The molecule has 35 heavy (non-hydrogen) atoms. The van der Waals surface area contributed by atoms with Gasteiger partial charge in [-0.3, -0.25) is 14.4 Å². The molecule has 6 nitrogen and oxygen atoms in total. The third kappa shape index (κ3) is 7.81. The van der Waals surface area contributed by atoms with Crippen molar-refractivity contribution in [2.45, 2.75) is 61.3 Å². The van der Waals surface area contributed by atoms with Crippen LogP contribution in [0.2, 0.25) is 0 Å². The number of hydrogen-bond acceptors (Lipinski definition) is 6. The minimum absolute atomic E-state index is 0.207. The van der Waals surface area contributed by atoms with Crippen molar-refractivity contribution in [3.8, 4) is 17.2 Å². The van der Waals surface area contributed by atoms with E-state index in [1.807, 2.05) is 13.0 Å². The third-order valence-corrected chi connectivity index (χ3v) is 5.12. The Morgan fingerprint density at radius 3 is 1.91 bits per heavy atom. The Bertz CT molecular complexity index is 1100. The molecule has 0 saturated carbocycles. The maximum atomic E-state index is 12.7. The number of esters is 2. The van der Waals surface area contributed by atoms with E-state index in [0.29, 0.717) is 34.8 Å². The quantitative estimate of drug-likeness (QED) is 0.187. The first-order valence-electron chi connectivity index (χ1n) is 11.7. The summed E-state index contributed by atoms with van der Waals surface area (Å²) in [5.41, 5.74) is 0.773. The van der Waals surface area contributed by atoms with Gasteiger partial charge in [0.25, 0.3) is 0 Å². The van der Waals surface area contributed by atoms with Gasteiger partial charge in [0.2, 0.25) is 0 Å². The summed E-state index contributed by atoms with van der Waals surface area (Å²) in [6, 6.07) is 10.0. The zero-order valence-corrected chi connectivity index (χ0v) is 22.0. The molecule has 0 heterocycles. The van der Waals surface area contributed by atoms with Crippen LogP contribution in [0.15, 0.2) is 42.5 Å². The minimum atomic E-state index is -0.637. The molecule has 0 N–H and O–H groups in total. The van der Waals surface area contributed by atoms with Crippen molar-refractivity contribution >= 4 is 23.8 Å². The molecule has 0 aliphatic heterocycles. The van der Waals surface area contributed by atoms with Crippen molar-refractivity contribution in [3.63, 3.8) is 0 Å². The number of allylic oxidation sites excluding steroid dienone is 1. The first kappa shape index (κ1) is 27.8. The highest BCUT2D eigenvalue weighted by Gasteiger charge is 2.25. The Morgan fingerprint density at radius 1 is 0.829 bits per heavy atom. The van der Waals surface area contributed by atoms with Crippen LogP contribution in [0.1, 0.15) is 76.4 Å². The van der Waals surface area contributed by atoms with E-state index in [0.717, 1.165) is 12.0 Å². The van der Waals surface area contributed by atoms with Crippen LogP contribution in [0.3, 0.4) is 0 Å². The zero-order valence-electron chi connectivity index (χ0n) is 22.0. The van der Waals surface area contributed by atoms with E-state index in [9.17, 15) is 14.4 Å². The molecule has 2 rings (SSSR count). The molecule has 2 aromatic carbocycles. The Balaban J connectivity index is 2.26. The predicted molar refractivity (Wildman–Crippen MR) is 137 cm³/mol. The SMILES string of the molecule is CCCc1cc(C=CC(=O)c2ccc(OC(=O)C(C)(C)C)cc2)c(OC)cc1OC(=O)C(C)(C)C. The highest BCUT2D eigenvalue weighted by molar-refractivity contribution is 6.07. The molecular formula is C29H36O6. The van der Waals surface area contributed by atoms with Crippen LogP contribution in [-0.4, -0.2) is 24.8 Å². The second-order valence-electron chi connectivity index (χ2n) is 10.5. The van der Waals surface area contributed by atoms with Crippen molar-refractivity contribution < 1.29 is 28.6 Å². The summed E-state index contributed by atoms with van der Waals surface area (Å²) in [6.45, 7) is 12.8. The van der Waals surface area contributed by atoms with E-state index in [-0.39, 0.29) is 17.7 Å². The van der Waals surface area contributed by atoms with Crippen LogP contribution < -0.4 is 14.2 Å². The molecule has 0 bridgehead atoms. The van der Waals surface area contributed by atoms with E-state index < -0.39 is 10.8 Å². The summed E-state index contributed by atoms with van der Waals surface area (Å²) in [5, 5.41) is 0.